The maximum atomic E-state index is 13.5. The Morgan fingerprint density at radius 2 is 2.30 bits per heavy atom. The highest BCUT2D eigenvalue weighted by Gasteiger charge is 2.28. The van der Waals surface area contributed by atoms with Gasteiger partial charge in [-0.25, -0.2) is 9.37 Å². The molecule has 20 heavy (non-hydrogen) atoms. The molecule has 1 aromatic carbocycles. The zero-order valence-corrected chi connectivity index (χ0v) is 12.0. The first-order valence-electron chi connectivity index (χ1n) is 6.31. The largest absolute Gasteiger partial charge is 0.354 e. The van der Waals surface area contributed by atoms with Gasteiger partial charge in [-0.1, -0.05) is 11.6 Å². The van der Waals surface area contributed by atoms with E-state index in [1.165, 1.54) is 12.1 Å². The van der Waals surface area contributed by atoms with E-state index in [9.17, 15) is 9.18 Å². The molecule has 1 atom stereocenters. The number of rotatable bonds is 2. The molecule has 0 radical (unpaired) electrons. The van der Waals surface area contributed by atoms with E-state index in [4.69, 9.17) is 23.2 Å². The van der Waals surface area contributed by atoms with Crippen molar-refractivity contribution >= 4 is 40.1 Å². The van der Waals surface area contributed by atoms with Crippen molar-refractivity contribution in [1.82, 2.24) is 14.9 Å². The van der Waals surface area contributed by atoms with Gasteiger partial charge in [0.05, 0.1) is 21.9 Å². The molecule has 1 aromatic heterocycles. The van der Waals surface area contributed by atoms with Crippen molar-refractivity contribution in [3.05, 3.63) is 28.8 Å². The summed E-state index contributed by atoms with van der Waals surface area (Å²) in [5.41, 5.74) is 1.09. The fourth-order valence-electron chi connectivity index (χ4n) is 2.58. The van der Waals surface area contributed by atoms with Gasteiger partial charge in [-0.05, 0) is 18.9 Å². The second kappa shape index (κ2) is 5.22. The molecule has 0 spiro atoms. The molecule has 1 fully saturated rings. The third kappa shape index (κ3) is 2.15. The summed E-state index contributed by atoms with van der Waals surface area (Å²) in [6, 6.07) is 2.39. The molecular formula is C13H12Cl2FN3O. The maximum absolute atomic E-state index is 13.5. The fourth-order valence-corrected chi connectivity index (χ4v) is 2.93. The Labute approximate surface area is 124 Å². The highest BCUT2D eigenvalue weighted by atomic mass is 35.5. The quantitative estimate of drug-likeness (QED) is 0.866. The predicted octanol–water partition coefficient (Wildman–Crippen LogP) is 3.02. The van der Waals surface area contributed by atoms with Crippen LogP contribution in [-0.2, 0) is 10.7 Å². The summed E-state index contributed by atoms with van der Waals surface area (Å²) < 4.78 is 15.3. The Morgan fingerprint density at radius 3 is 3.00 bits per heavy atom. The number of nitrogens with one attached hydrogen (secondary N) is 1. The summed E-state index contributed by atoms with van der Waals surface area (Å²) in [5, 5.41) is 2.83. The van der Waals surface area contributed by atoms with E-state index in [1.807, 2.05) is 0 Å². The third-order valence-electron chi connectivity index (χ3n) is 3.49. The van der Waals surface area contributed by atoms with Gasteiger partial charge in [0, 0.05) is 12.6 Å². The van der Waals surface area contributed by atoms with E-state index in [1.54, 1.807) is 4.57 Å². The number of imidazole rings is 1. The summed E-state index contributed by atoms with van der Waals surface area (Å²) in [6.45, 7) is 0.674. The van der Waals surface area contributed by atoms with E-state index in [0.717, 1.165) is 6.42 Å². The van der Waals surface area contributed by atoms with E-state index in [-0.39, 0.29) is 22.9 Å². The van der Waals surface area contributed by atoms with Crippen LogP contribution in [0.1, 0.15) is 24.7 Å². The number of amides is 1. The van der Waals surface area contributed by atoms with Crippen LogP contribution < -0.4 is 5.32 Å². The first-order valence-corrected chi connectivity index (χ1v) is 7.22. The number of fused-ring (bicyclic) bond motifs is 1. The molecular weight excluding hydrogens is 304 g/mol. The summed E-state index contributed by atoms with van der Waals surface area (Å²) in [5.74, 6) is 0.100. The average molecular weight is 316 g/mol. The summed E-state index contributed by atoms with van der Waals surface area (Å²) in [6.07, 6.45) is 1.59. The van der Waals surface area contributed by atoms with Gasteiger partial charge in [-0.3, -0.25) is 4.79 Å². The number of alkyl halides is 1. The Hall–Kier alpha value is -1.33. The molecule has 1 amide bonds. The molecule has 1 N–H and O–H groups in total. The van der Waals surface area contributed by atoms with Gasteiger partial charge in [-0.2, -0.15) is 0 Å². The van der Waals surface area contributed by atoms with E-state index < -0.39 is 5.82 Å². The van der Waals surface area contributed by atoms with Gasteiger partial charge < -0.3 is 9.88 Å². The van der Waals surface area contributed by atoms with Crippen molar-refractivity contribution in [1.29, 1.82) is 0 Å². The van der Waals surface area contributed by atoms with Crippen LogP contribution in [0.2, 0.25) is 5.02 Å². The number of benzene rings is 1. The molecule has 7 heteroatoms. The minimum Gasteiger partial charge on any atom is -0.354 e. The van der Waals surface area contributed by atoms with Gasteiger partial charge in [0.15, 0.2) is 0 Å². The Balaban J connectivity index is 2.21. The SMILES string of the molecule is O=C1NCCCC1n1c(CCl)nc2cc(F)c(Cl)cc21. The van der Waals surface area contributed by atoms with Gasteiger partial charge in [0.25, 0.3) is 0 Å². The number of hydrogen-bond acceptors (Lipinski definition) is 2. The lowest BCUT2D eigenvalue weighted by atomic mass is 10.1. The van der Waals surface area contributed by atoms with Gasteiger partial charge in [-0.15, -0.1) is 11.6 Å². The molecule has 106 valence electrons. The van der Waals surface area contributed by atoms with Gasteiger partial charge in [0.1, 0.15) is 17.7 Å². The molecule has 1 unspecified atom stereocenters. The van der Waals surface area contributed by atoms with Gasteiger partial charge in [0.2, 0.25) is 5.91 Å². The molecule has 3 rings (SSSR count). The van der Waals surface area contributed by atoms with E-state index in [0.29, 0.717) is 29.8 Å². The number of halogens is 3. The lowest BCUT2D eigenvalue weighted by Gasteiger charge is -2.25. The first-order chi connectivity index (χ1) is 9.61. The highest BCUT2D eigenvalue weighted by molar-refractivity contribution is 6.31. The molecule has 1 aliphatic rings. The monoisotopic (exact) mass is 315 g/mol. The number of piperidine rings is 1. The minimum absolute atomic E-state index is 0.0102. The normalized spacial score (nSPS) is 19.4. The van der Waals surface area contributed by atoms with Crippen LogP contribution in [0.25, 0.3) is 11.0 Å². The van der Waals surface area contributed by atoms with Crippen LogP contribution in [0.5, 0.6) is 0 Å². The minimum atomic E-state index is -0.530. The van der Waals surface area contributed by atoms with Crippen LogP contribution in [0.3, 0.4) is 0 Å². The second-order valence-corrected chi connectivity index (χ2v) is 5.41. The van der Waals surface area contributed by atoms with Crippen molar-refractivity contribution in [2.75, 3.05) is 6.54 Å². The van der Waals surface area contributed by atoms with Crippen molar-refractivity contribution in [2.45, 2.75) is 24.8 Å². The number of hydrogen-bond donors (Lipinski definition) is 1. The third-order valence-corrected chi connectivity index (χ3v) is 4.02. The zero-order chi connectivity index (χ0) is 14.3. The summed E-state index contributed by atoms with van der Waals surface area (Å²) >= 11 is 11.7. The van der Waals surface area contributed by atoms with Crippen molar-refractivity contribution in [3.8, 4) is 0 Å². The number of aromatic nitrogens is 2. The smallest absolute Gasteiger partial charge is 0.243 e. The summed E-state index contributed by atoms with van der Waals surface area (Å²) in [4.78, 5) is 16.3. The molecule has 2 aromatic rings. The van der Waals surface area contributed by atoms with Crippen molar-refractivity contribution in [3.63, 3.8) is 0 Å². The van der Waals surface area contributed by atoms with Crippen LogP contribution in [0, 0.1) is 5.82 Å². The second-order valence-electron chi connectivity index (χ2n) is 4.74. The first kappa shape index (κ1) is 13.6. The number of nitrogens with zero attached hydrogens (tertiary/aromatic N) is 2. The Bertz CT molecular complexity index is 686. The molecule has 0 saturated carbocycles. The lowest BCUT2D eigenvalue weighted by Crippen LogP contribution is -2.38. The van der Waals surface area contributed by atoms with Crippen LogP contribution in [0.15, 0.2) is 12.1 Å². The van der Waals surface area contributed by atoms with Crippen LogP contribution >= 0.6 is 23.2 Å². The lowest BCUT2D eigenvalue weighted by molar-refractivity contribution is -0.125. The zero-order valence-electron chi connectivity index (χ0n) is 10.5. The molecule has 4 nitrogen and oxygen atoms in total. The number of carbonyl (C=O) groups is 1. The highest BCUT2D eigenvalue weighted by Crippen LogP contribution is 2.30. The van der Waals surface area contributed by atoms with Crippen LogP contribution in [-0.4, -0.2) is 22.0 Å². The van der Waals surface area contributed by atoms with Gasteiger partial charge >= 0.3 is 0 Å². The Kier molecular flexibility index (Phi) is 3.56. The van der Waals surface area contributed by atoms with E-state index in [2.05, 4.69) is 10.3 Å². The molecule has 1 saturated heterocycles. The topological polar surface area (TPSA) is 46.9 Å². The van der Waals surface area contributed by atoms with Crippen molar-refractivity contribution in [2.24, 2.45) is 0 Å². The van der Waals surface area contributed by atoms with Crippen LogP contribution in [0.4, 0.5) is 4.39 Å². The standard InChI is InChI=1S/C13H12Cl2FN3O/c14-6-12-18-9-5-8(16)7(15)4-11(9)19(12)10-2-1-3-17-13(10)20/h4-5,10H,1-3,6H2,(H,17,20). The predicted molar refractivity (Wildman–Crippen MR) is 75.5 cm³/mol. The van der Waals surface area contributed by atoms with E-state index >= 15 is 0 Å². The average Bonchev–Trinajstić information content (AvgIpc) is 2.77. The van der Waals surface area contributed by atoms with Crippen molar-refractivity contribution < 1.29 is 9.18 Å². The fraction of sp³-hybridized carbons (Fsp3) is 0.385. The number of carbonyl (C=O) groups excluding carboxylic acids is 1. The molecule has 1 aliphatic heterocycles. The molecule has 2 heterocycles. The maximum Gasteiger partial charge on any atom is 0.243 e. The molecule has 0 bridgehead atoms. The Morgan fingerprint density at radius 1 is 1.50 bits per heavy atom. The molecule has 0 aliphatic carbocycles. The summed E-state index contributed by atoms with van der Waals surface area (Å²) in [7, 11) is 0.